The highest BCUT2D eigenvalue weighted by molar-refractivity contribution is 5.88. The van der Waals surface area contributed by atoms with E-state index in [4.69, 9.17) is 6.58 Å². The van der Waals surface area contributed by atoms with Crippen LogP contribution < -0.4 is 0 Å². The van der Waals surface area contributed by atoms with Gasteiger partial charge in [-0.2, -0.15) is 0 Å². The van der Waals surface area contributed by atoms with Crippen LogP contribution in [0.5, 0.6) is 0 Å². The second-order valence-corrected chi connectivity index (χ2v) is 1.38. The molecule has 0 bridgehead atoms. The van der Waals surface area contributed by atoms with Gasteiger partial charge in [0, 0.05) is 13.5 Å². The molecule has 8 heavy (non-hydrogen) atoms. The van der Waals surface area contributed by atoms with E-state index in [1.54, 1.807) is 7.11 Å². The molecule has 0 N–H and O–H groups in total. The molecule has 0 amide bonds. The van der Waals surface area contributed by atoms with Gasteiger partial charge in [0.25, 0.3) is 0 Å². The fraction of sp³-hybridized carbons (Fsp3) is 0.500. The molecule has 0 unspecified atom stereocenters. The Labute approximate surface area is 49.1 Å². The molecule has 0 aliphatic carbocycles. The molecule has 0 saturated heterocycles. The summed E-state index contributed by atoms with van der Waals surface area (Å²) in [5.74, 6) is -0.0770. The van der Waals surface area contributed by atoms with Crippen molar-refractivity contribution in [2.45, 2.75) is 6.42 Å². The highest BCUT2D eigenvalue weighted by Gasteiger charge is 1.91. The second-order valence-electron chi connectivity index (χ2n) is 1.38. The molecular formula is C6H9O2. The SMILES string of the molecule is [CH]=CC(=O)CCOC. The first kappa shape index (κ1) is 7.37. The normalized spacial score (nSPS) is 8.62. The van der Waals surface area contributed by atoms with Gasteiger partial charge in [-0.15, -0.1) is 0 Å². The molecule has 0 fully saturated rings. The Morgan fingerprint density at radius 3 is 2.88 bits per heavy atom. The van der Waals surface area contributed by atoms with Crippen LogP contribution in [0, 0.1) is 6.58 Å². The van der Waals surface area contributed by atoms with E-state index in [-0.39, 0.29) is 5.78 Å². The Bertz CT molecular complexity index is 86.5. The van der Waals surface area contributed by atoms with Gasteiger partial charge in [-0.1, -0.05) is 6.58 Å². The Kier molecular flexibility index (Phi) is 4.17. The first-order valence-electron chi connectivity index (χ1n) is 2.38. The standard InChI is InChI=1S/C6H9O2/c1-3-6(7)4-5-8-2/h1,3H,4-5H2,2H3. The van der Waals surface area contributed by atoms with E-state index in [0.717, 1.165) is 6.08 Å². The van der Waals surface area contributed by atoms with Crippen molar-refractivity contribution in [1.82, 2.24) is 0 Å². The molecule has 0 rings (SSSR count). The lowest BCUT2D eigenvalue weighted by atomic mass is 10.3. The zero-order valence-electron chi connectivity index (χ0n) is 4.89. The maximum atomic E-state index is 10.3. The van der Waals surface area contributed by atoms with Crippen molar-refractivity contribution in [3.8, 4) is 0 Å². The van der Waals surface area contributed by atoms with Crippen molar-refractivity contribution in [3.63, 3.8) is 0 Å². The van der Waals surface area contributed by atoms with Crippen LogP contribution in [0.4, 0.5) is 0 Å². The topological polar surface area (TPSA) is 26.3 Å². The minimum absolute atomic E-state index is 0.0770. The third kappa shape index (κ3) is 3.56. The summed E-state index contributed by atoms with van der Waals surface area (Å²) in [7, 11) is 1.55. The number of ketones is 1. The largest absolute Gasteiger partial charge is 0.384 e. The first-order chi connectivity index (χ1) is 3.81. The third-order valence-corrected chi connectivity index (χ3v) is 0.738. The number of hydrogen-bond donors (Lipinski definition) is 0. The van der Waals surface area contributed by atoms with Crippen molar-refractivity contribution >= 4 is 5.78 Å². The molecule has 0 aromatic carbocycles. The van der Waals surface area contributed by atoms with Crippen LogP contribution in [-0.2, 0) is 9.53 Å². The van der Waals surface area contributed by atoms with Crippen molar-refractivity contribution in [1.29, 1.82) is 0 Å². The molecule has 0 saturated carbocycles. The third-order valence-electron chi connectivity index (χ3n) is 0.738. The molecule has 2 heteroatoms. The smallest absolute Gasteiger partial charge is 0.157 e. The molecule has 0 aliphatic heterocycles. The monoisotopic (exact) mass is 113 g/mol. The second kappa shape index (κ2) is 4.53. The van der Waals surface area contributed by atoms with Gasteiger partial charge in [-0.05, 0) is 6.08 Å². The Balaban J connectivity index is 3.11. The van der Waals surface area contributed by atoms with E-state index >= 15 is 0 Å². The summed E-state index contributed by atoms with van der Waals surface area (Å²) in [5.41, 5.74) is 0. The lowest BCUT2D eigenvalue weighted by molar-refractivity contribution is -0.115. The first-order valence-corrected chi connectivity index (χ1v) is 2.38. The van der Waals surface area contributed by atoms with Crippen molar-refractivity contribution < 1.29 is 9.53 Å². The van der Waals surface area contributed by atoms with E-state index in [9.17, 15) is 4.79 Å². The summed E-state index contributed by atoms with van der Waals surface area (Å²) in [6, 6.07) is 0. The number of hydrogen-bond acceptors (Lipinski definition) is 2. The summed E-state index contributed by atoms with van der Waals surface area (Å²) >= 11 is 0. The molecule has 0 aromatic heterocycles. The minimum atomic E-state index is -0.0770. The highest BCUT2D eigenvalue weighted by Crippen LogP contribution is 1.82. The van der Waals surface area contributed by atoms with E-state index in [2.05, 4.69) is 4.74 Å². The molecule has 0 aliphatic rings. The Morgan fingerprint density at radius 1 is 1.88 bits per heavy atom. The van der Waals surface area contributed by atoms with Crippen LogP contribution in [0.15, 0.2) is 6.08 Å². The summed E-state index contributed by atoms with van der Waals surface area (Å²) in [4.78, 5) is 10.3. The summed E-state index contributed by atoms with van der Waals surface area (Å²) < 4.78 is 4.62. The van der Waals surface area contributed by atoms with Gasteiger partial charge in [0.15, 0.2) is 5.78 Å². The Morgan fingerprint density at radius 2 is 2.50 bits per heavy atom. The van der Waals surface area contributed by atoms with Gasteiger partial charge in [0.05, 0.1) is 6.61 Å². The number of carbonyl (C=O) groups excluding carboxylic acids is 1. The van der Waals surface area contributed by atoms with E-state index in [0.29, 0.717) is 13.0 Å². The fourth-order valence-corrected chi connectivity index (χ4v) is 0.286. The van der Waals surface area contributed by atoms with Gasteiger partial charge in [0.1, 0.15) is 0 Å². The summed E-state index contributed by atoms with van der Waals surface area (Å²) in [6.45, 7) is 5.33. The predicted octanol–water partition coefficient (Wildman–Crippen LogP) is 0.581. The number of methoxy groups -OCH3 is 1. The molecule has 0 spiro atoms. The summed E-state index contributed by atoms with van der Waals surface area (Å²) in [5, 5.41) is 0. The average Bonchev–Trinajstić information content (AvgIpc) is 1.83. The van der Waals surface area contributed by atoms with E-state index < -0.39 is 0 Å². The molecular weight excluding hydrogens is 104 g/mol. The number of rotatable bonds is 4. The van der Waals surface area contributed by atoms with E-state index in [1.165, 1.54) is 0 Å². The van der Waals surface area contributed by atoms with Crippen LogP contribution in [0.25, 0.3) is 0 Å². The molecule has 1 radical (unpaired) electrons. The van der Waals surface area contributed by atoms with Gasteiger partial charge in [0.2, 0.25) is 0 Å². The van der Waals surface area contributed by atoms with Crippen molar-refractivity contribution in [2.75, 3.05) is 13.7 Å². The van der Waals surface area contributed by atoms with Crippen LogP contribution in [-0.4, -0.2) is 19.5 Å². The van der Waals surface area contributed by atoms with Gasteiger partial charge in [-0.3, -0.25) is 4.79 Å². The van der Waals surface area contributed by atoms with Crippen LogP contribution in [0.2, 0.25) is 0 Å². The van der Waals surface area contributed by atoms with Gasteiger partial charge in [-0.25, -0.2) is 0 Å². The average molecular weight is 113 g/mol. The highest BCUT2D eigenvalue weighted by atomic mass is 16.5. The maximum Gasteiger partial charge on any atom is 0.157 e. The van der Waals surface area contributed by atoms with E-state index in [1.807, 2.05) is 0 Å². The summed E-state index contributed by atoms with van der Waals surface area (Å²) in [6.07, 6.45) is 1.44. The van der Waals surface area contributed by atoms with Crippen molar-refractivity contribution in [2.24, 2.45) is 0 Å². The molecule has 0 aromatic rings. The lowest BCUT2D eigenvalue weighted by Gasteiger charge is -1.90. The number of ether oxygens (including phenoxy) is 1. The van der Waals surface area contributed by atoms with Gasteiger partial charge < -0.3 is 4.74 Å². The molecule has 0 atom stereocenters. The minimum Gasteiger partial charge on any atom is -0.384 e. The van der Waals surface area contributed by atoms with Crippen molar-refractivity contribution in [3.05, 3.63) is 12.7 Å². The van der Waals surface area contributed by atoms with Gasteiger partial charge >= 0.3 is 0 Å². The Hall–Kier alpha value is -0.630. The number of allylic oxidation sites excluding steroid dienone is 1. The zero-order chi connectivity index (χ0) is 6.41. The molecule has 0 heterocycles. The lowest BCUT2D eigenvalue weighted by Crippen LogP contribution is -1.97. The quantitative estimate of drug-likeness (QED) is 0.498. The van der Waals surface area contributed by atoms with Crippen LogP contribution >= 0.6 is 0 Å². The maximum absolute atomic E-state index is 10.3. The predicted molar refractivity (Wildman–Crippen MR) is 30.4 cm³/mol. The zero-order valence-corrected chi connectivity index (χ0v) is 4.89. The molecule has 45 valence electrons. The molecule has 2 nitrogen and oxygen atoms in total. The van der Waals surface area contributed by atoms with Crippen LogP contribution in [0.3, 0.4) is 0 Å². The van der Waals surface area contributed by atoms with Crippen LogP contribution in [0.1, 0.15) is 6.42 Å². The number of carbonyl (C=O) groups is 1. The fourth-order valence-electron chi connectivity index (χ4n) is 0.286.